The summed E-state index contributed by atoms with van der Waals surface area (Å²) >= 11 is 6.29. The molecule has 1 aromatic carbocycles. The van der Waals surface area contributed by atoms with Gasteiger partial charge in [0.15, 0.2) is 11.5 Å². The fraction of sp³-hybridized carbons (Fsp3) is 0.611. The molecule has 1 aromatic rings. The Bertz CT molecular complexity index is 605. The van der Waals surface area contributed by atoms with Crippen LogP contribution in [0.4, 0.5) is 0 Å². The van der Waals surface area contributed by atoms with Gasteiger partial charge in [0.05, 0.1) is 18.7 Å². The van der Waals surface area contributed by atoms with Crippen LogP contribution in [0, 0.1) is 5.41 Å². The summed E-state index contributed by atoms with van der Waals surface area (Å²) in [6, 6.07) is 3.40. The largest absolute Gasteiger partial charge is 0.493 e. The van der Waals surface area contributed by atoms with Crippen LogP contribution < -0.4 is 14.8 Å². The molecule has 1 N–H and O–H groups in total. The summed E-state index contributed by atoms with van der Waals surface area (Å²) in [7, 11) is 1.56. The number of likely N-dealkylation sites (tertiary alicyclic amines) is 1. The Labute approximate surface area is 148 Å². The first kappa shape index (κ1) is 17.4. The van der Waals surface area contributed by atoms with Crippen LogP contribution in [-0.4, -0.2) is 50.7 Å². The van der Waals surface area contributed by atoms with Gasteiger partial charge in [-0.15, -0.1) is 0 Å². The van der Waals surface area contributed by atoms with Crippen molar-refractivity contribution in [3.8, 4) is 11.5 Å². The summed E-state index contributed by atoms with van der Waals surface area (Å²) < 4.78 is 10.9. The lowest BCUT2D eigenvalue weighted by atomic mass is 9.78. The average molecular weight is 353 g/mol. The van der Waals surface area contributed by atoms with Crippen LogP contribution in [0.1, 0.15) is 36.5 Å². The monoisotopic (exact) mass is 352 g/mol. The lowest BCUT2D eigenvalue weighted by molar-refractivity contribution is 0.0607. The first-order chi connectivity index (χ1) is 11.6. The quantitative estimate of drug-likeness (QED) is 0.905. The van der Waals surface area contributed by atoms with Crippen LogP contribution in [0.3, 0.4) is 0 Å². The van der Waals surface area contributed by atoms with Gasteiger partial charge in [-0.2, -0.15) is 0 Å². The molecular formula is C18H25ClN2O3. The minimum absolute atomic E-state index is 0.0130. The van der Waals surface area contributed by atoms with E-state index in [2.05, 4.69) is 5.32 Å². The summed E-state index contributed by atoms with van der Waals surface area (Å²) in [5.74, 6) is 1.01. The molecule has 1 spiro atoms. The molecule has 0 saturated carbocycles. The molecular weight excluding hydrogens is 328 g/mol. The predicted octanol–water partition coefficient (Wildman–Crippen LogP) is 2.96. The number of nitrogens with one attached hydrogen (secondary N) is 1. The van der Waals surface area contributed by atoms with Gasteiger partial charge in [-0.05, 0) is 50.3 Å². The maximum absolute atomic E-state index is 12.8. The van der Waals surface area contributed by atoms with E-state index in [1.165, 1.54) is 6.42 Å². The first-order valence-corrected chi connectivity index (χ1v) is 8.97. The Morgan fingerprint density at radius 1 is 1.33 bits per heavy atom. The third kappa shape index (κ3) is 3.33. The summed E-state index contributed by atoms with van der Waals surface area (Å²) in [4.78, 5) is 14.8. The van der Waals surface area contributed by atoms with Gasteiger partial charge in [-0.25, -0.2) is 0 Å². The predicted molar refractivity (Wildman–Crippen MR) is 94.2 cm³/mol. The fourth-order valence-electron chi connectivity index (χ4n) is 3.72. The highest BCUT2D eigenvalue weighted by Crippen LogP contribution is 2.39. The molecule has 132 valence electrons. The van der Waals surface area contributed by atoms with Crippen molar-refractivity contribution >= 4 is 17.5 Å². The molecule has 0 atom stereocenters. The van der Waals surface area contributed by atoms with Crippen LogP contribution in [0.2, 0.25) is 5.02 Å². The van der Waals surface area contributed by atoms with Gasteiger partial charge >= 0.3 is 0 Å². The topological polar surface area (TPSA) is 50.8 Å². The fourth-order valence-corrected chi connectivity index (χ4v) is 3.98. The highest BCUT2D eigenvalue weighted by Gasteiger charge is 2.38. The maximum Gasteiger partial charge on any atom is 0.254 e. The summed E-state index contributed by atoms with van der Waals surface area (Å²) in [5, 5.41) is 3.86. The normalized spacial score (nSPS) is 19.5. The third-order valence-corrected chi connectivity index (χ3v) is 5.49. The lowest BCUT2D eigenvalue weighted by Gasteiger charge is -2.39. The van der Waals surface area contributed by atoms with Crippen molar-refractivity contribution in [1.29, 1.82) is 0 Å². The lowest BCUT2D eigenvalue weighted by Crippen LogP contribution is -2.44. The highest BCUT2D eigenvalue weighted by molar-refractivity contribution is 6.32. The molecule has 2 aliphatic rings. The minimum Gasteiger partial charge on any atom is -0.493 e. The van der Waals surface area contributed by atoms with Crippen molar-refractivity contribution < 1.29 is 14.3 Å². The van der Waals surface area contributed by atoms with Crippen LogP contribution in [0.5, 0.6) is 11.5 Å². The smallest absolute Gasteiger partial charge is 0.254 e. The van der Waals surface area contributed by atoms with E-state index in [0.717, 1.165) is 39.0 Å². The Balaban J connectivity index is 1.74. The van der Waals surface area contributed by atoms with Gasteiger partial charge < -0.3 is 19.7 Å². The number of amides is 1. The van der Waals surface area contributed by atoms with E-state index < -0.39 is 0 Å². The third-order valence-electron chi connectivity index (χ3n) is 5.21. The molecule has 3 rings (SSSR count). The van der Waals surface area contributed by atoms with Crippen LogP contribution >= 0.6 is 11.6 Å². The zero-order valence-corrected chi connectivity index (χ0v) is 15.1. The molecule has 24 heavy (non-hydrogen) atoms. The van der Waals surface area contributed by atoms with Gasteiger partial charge in [0.2, 0.25) is 0 Å². The van der Waals surface area contributed by atoms with Gasteiger partial charge in [0.1, 0.15) is 0 Å². The van der Waals surface area contributed by atoms with Crippen molar-refractivity contribution in [2.75, 3.05) is 39.9 Å². The van der Waals surface area contributed by atoms with Crippen molar-refractivity contribution in [2.45, 2.75) is 26.2 Å². The van der Waals surface area contributed by atoms with Crippen molar-refractivity contribution in [1.82, 2.24) is 10.2 Å². The summed E-state index contributed by atoms with van der Waals surface area (Å²) in [5.41, 5.74) is 0.950. The second kappa shape index (κ2) is 7.19. The number of hydrogen-bond donors (Lipinski definition) is 1. The van der Waals surface area contributed by atoms with E-state index in [1.54, 1.807) is 19.2 Å². The second-order valence-corrected chi connectivity index (χ2v) is 7.05. The van der Waals surface area contributed by atoms with Crippen molar-refractivity contribution in [3.05, 3.63) is 22.7 Å². The number of rotatable bonds is 4. The molecule has 1 amide bonds. The number of ether oxygens (including phenoxy) is 2. The first-order valence-electron chi connectivity index (χ1n) is 8.59. The summed E-state index contributed by atoms with van der Waals surface area (Å²) in [6.45, 7) is 6.15. The zero-order valence-electron chi connectivity index (χ0n) is 14.4. The average Bonchev–Trinajstić information content (AvgIpc) is 3.04. The van der Waals surface area contributed by atoms with Gasteiger partial charge in [0.25, 0.3) is 5.91 Å². The SMILES string of the molecule is CCOc1c(Cl)cc(C(=O)N2CCC3(CCNC3)CC2)cc1OC. The minimum atomic E-state index is 0.0130. The Hall–Kier alpha value is -1.46. The molecule has 2 heterocycles. The van der Waals surface area contributed by atoms with E-state index in [1.807, 2.05) is 11.8 Å². The number of piperidine rings is 1. The number of carbonyl (C=O) groups is 1. The van der Waals surface area contributed by atoms with E-state index in [4.69, 9.17) is 21.1 Å². The Morgan fingerprint density at radius 3 is 2.67 bits per heavy atom. The van der Waals surface area contributed by atoms with E-state index in [9.17, 15) is 4.79 Å². The molecule has 0 unspecified atom stereocenters. The molecule has 2 saturated heterocycles. The number of benzene rings is 1. The van der Waals surface area contributed by atoms with Gasteiger partial charge in [-0.3, -0.25) is 4.79 Å². The number of hydrogen-bond acceptors (Lipinski definition) is 4. The highest BCUT2D eigenvalue weighted by atomic mass is 35.5. The Morgan fingerprint density at radius 2 is 2.08 bits per heavy atom. The molecule has 6 heteroatoms. The zero-order chi connectivity index (χ0) is 17.2. The van der Waals surface area contributed by atoms with Gasteiger partial charge in [-0.1, -0.05) is 11.6 Å². The molecule has 2 fully saturated rings. The molecule has 0 radical (unpaired) electrons. The van der Waals surface area contributed by atoms with Gasteiger partial charge in [0, 0.05) is 25.2 Å². The molecule has 0 aliphatic carbocycles. The molecule has 2 aliphatic heterocycles. The standard InChI is InChI=1S/C18H25ClN2O3/c1-3-24-16-14(19)10-13(11-15(16)23-2)17(22)21-8-5-18(6-9-21)4-7-20-12-18/h10-11,20H,3-9,12H2,1-2H3. The number of nitrogens with zero attached hydrogens (tertiary/aromatic N) is 1. The number of halogens is 1. The molecule has 0 aromatic heterocycles. The molecule has 0 bridgehead atoms. The van der Waals surface area contributed by atoms with E-state index in [-0.39, 0.29) is 5.91 Å². The van der Waals surface area contributed by atoms with Crippen LogP contribution in [0.15, 0.2) is 12.1 Å². The van der Waals surface area contributed by atoms with E-state index in [0.29, 0.717) is 34.1 Å². The number of methoxy groups -OCH3 is 1. The van der Waals surface area contributed by atoms with Crippen molar-refractivity contribution in [2.24, 2.45) is 5.41 Å². The molecule has 5 nitrogen and oxygen atoms in total. The van der Waals surface area contributed by atoms with E-state index >= 15 is 0 Å². The maximum atomic E-state index is 12.8. The Kier molecular flexibility index (Phi) is 5.21. The second-order valence-electron chi connectivity index (χ2n) is 6.64. The van der Waals surface area contributed by atoms with Crippen LogP contribution in [0.25, 0.3) is 0 Å². The van der Waals surface area contributed by atoms with Crippen LogP contribution in [-0.2, 0) is 0 Å². The number of carbonyl (C=O) groups excluding carboxylic acids is 1. The summed E-state index contributed by atoms with van der Waals surface area (Å²) in [6.07, 6.45) is 3.35. The van der Waals surface area contributed by atoms with Crippen molar-refractivity contribution in [3.63, 3.8) is 0 Å².